The molecule has 1 saturated heterocycles. The van der Waals surface area contributed by atoms with Gasteiger partial charge in [0.15, 0.2) is 5.03 Å². The number of aromatic nitrogens is 4. The van der Waals surface area contributed by atoms with Crippen molar-refractivity contribution in [1.29, 1.82) is 0 Å². The highest BCUT2D eigenvalue weighted by Gasteiger charge is 2.33. The summed E-state index contributed by atoms with van der Waals surface area (Å²) in [5.74, 6) is 1.10. The first-order valence-electron chi connectivity index (χ1n) is 8.36. The minimum Gasteiger partial charge on any atom is -0.473 e. The van der Waals surface area contributed by atoms with E-state index in [2.05, 4.69) is 15.0 Å². The molecule has 0 aliphatic carbocycles. The van der Waals surface area contributed by atoms with Crippen LogP contribution in [0.3, 0.4) is 0 Å². The molecule has 2 aromatic rings. The van der Waals surface area contributed by atoms with Crippen molar-refractivity contribution < 1.29 is 13.2 Å². The topological polar surface area (TPSA) is 90.2 Å². The molecule has 2 aromatic heterocycles. The summed E-state index contributed by atoms with van der Waals surface area (Å²) < 4.78 is 34.8. The van der Waals surface area contributed by atoms with Gasteiger partial charge in [-0.15, -0.1) is 0 Å². The molecule has 1 aliphatic rings. The molecule has 136 valence electrons. The molecule has 0 bridgehead atoms. The van der Waals surface area contributed by atoms with Crippen LogP contribution in [0.25, 0.3) is 0 Å². The van der Waals surface area contributed by atoms with E-state index in [0.717, 1.165) is 12.8 Å². The maximum absolute atomic E-state index is 12.8. The second kappa shape index (κ2) is 7.09. The lowest BCUT2D eigenvalue weighted by Crippen LogP contribution is -2.44. The van der Waals surface area contributed by atoms with Gasteiger partial charge < -0.3 is 9.30 Å². The molecule has 1 atom stereocenters. The van der Waals surface area contributed by atoms with Gasteiger partial charge in [0.2, 0.25) is 5.88 Å². The van der Waals surface area contributed by atoms with E-state index in [4.69, 9.17) is 4.74 Å². The van der Waals surface area contributed by atoms with Crippen LogP contribution in [-0.2, 0) is 10.0 Å². The minimum absolute atomic E-state index is 0.0831. The Kier molecular flexibility index (Phi) is 5.05. The van der Waals surface area contributed by atoms with Gasteiger partial charge in [0.05, 0.1) is 12.9 Å². The van der Waals surface area contributed by atoms with Crippen LogP contribution in [-0.4, -0.2) is 51.4 Å². The molecule has 0 spiro atoms. The number of hydrogen-bond donors (Lipinski definition) is 0. The maximum Gasteiger partial charge on any atom is 0.262 e. The van der Waals surface area contributed by atoms with Crippen molar-refractivity contribution in [3.05, 3.63) is 30.6 Å². The number of rotatable bonds is 5. The van der Waals surface area contributed by atoms with Crippen LogP contribution < -0.4 is 4.74 Å². The summed E-state index contributed by atoms with van der Waals surface area (Å²) in [7, 11) is -3.62. The van der Waals surface area contributed by atoms with Crippen molar-refractivity contribution in [2.45, 2.75) is 50.8 Å². The van der Waals surface area contributed by atoms with Crippen molar-refractivity contribution in [3.63, 3.8) is 0 Å². The van der Waals surface area contributed by atoms with E-state index in [1.165, 1.54) is 4.31 Å². The third-order valence-electron chi connectivity index (χ3n) is 4.16. The highest BCUT2D eigenvalue weighted by Crippen LogP contribution is 2.22. The smallest absolute Gasteiger partial charge is 0.262 e. The summed E-state index contributed by atoms with van der Waals surface area (Å²) in [6.07, 6.45) is 6.06. The average Bonchev–Trinajstić information content (AvgIpc) is 3.06. The molecule has 3 heterocycles. The zero-order valence-corrected chi connectivity index (χ0v) is 15.5. The average molecular weight is 365 g/mol. The van der Waals surface area contributed by atoms with Crippen LogP contribution in [0.2, 0.25) is 0 Å². The van der Waals surface area contributed by atoms with Gasteiger partial charge in [-0.1, -0.05) is 0 Å². The Hall–Kier alpha value is -2.00. The summed E-state index contributed by atoms with van der Waals surface area (Å²) in [5.41, 5.74) is 0. The standard InChI is InChI=1S/C16H23N5O3S/c1-12(2)20-10-16(18-11-20)25(22,23)21-8-4-5-14(9-21)24-15-6-7-17-13(3)19-15/h6-7,10-12,14H,4-5,8-9H2,1-3H3. The van der Waals surface area contributed by atoms with Crippen LogP contribution in [0.5, 0.6) is 5.88 Å². The Morgan fingerprint density at radius 2 is 2.12 bits per heavy atom. The molecular formula is C16H23N5O3S. The van der Waals surface area contributed by atoms with Crippen molar-refractivity contribution in [1.82, 2.24) is 23.8 Å². The maximum atomic E-state index is 12.8. The van der Waals surface area contributed by atoms with Crippen molar-refractivity contribution in [2.24, 2.45) is 0 Å². The van der Waals surface area contributed by atoms with Crippen molar-refractivity contribution in [2.75, 3.05) is 13.1 Å². The summed E-state index contributed by atoms with van der Waals surface area (Å²) in [6.45, 7) is 6.51. The fourth-order valence-electron chi connectivity index (χ4n) is 2.76. The van der Waals surface area contributed by atoms with Crippen LogP contribution in [0.4, 0.5) is 0 Å². The lowest BCUT2D eigenvalue weighted by molar-refractivity contribution is 0.124. The number of aryl methyl sites for hydroxylation is 1. The normalized spacial score (nSPS) is 19.3. The Morgan fingerprint density at radius 1 is 1.32 bits per heavy atom. The minimum atomic E-state index is -3.62. The van der Waals surface area contributed by atoms with Crippen LogP contribution >= 0.6 is 0 Å². The van der Waals surface area contributed by atoms with Gasteiger partial charge in [0, 0.05) is 31.0 Å². The summed E-state index contributed by atoms with van der Waals surface area (Å²) in [6, 6.07) is 1.85. The fourth-order valence-corrected chi connectivity index (χ4v) is 4.19. The summed E-state index contributed by atoms with van der Waals surface area (Å²) >= 11 is 0. The molecule has 0 radical (unpaired) electrons. The summed E-state index contributed by atoms with van der Waals surface area (Å²) in [5, 5.41) is 0.0831. The third kappa shape index (κ3) is 3.98. The van der Waals surface area contributed by atoms with E-state index in [1.54, 1.807) is 36.3 Å². The Bertz CT molecular complexity index is 834. The largest absolute Gasteiger partial charge is 0.473 e. The molecule has 0 amide bonds. The molecule has 0 aromatic carbocycles. The molecule has 25 heavy (non-hydrogen) atoms. The molecular weight excluding hydrogens is 342 g/mol. The zero-order chi connectivity index (χ0) is 18.0. The van der Waals surface area contributed by atoms with E-state index in [-0.39, 0.29) is 17.2 Å². The van der Waals surface area contributed by atoms with Crippen LogP contribution in [0, 0.1) is 6.92 Å². The number of ether oxygens (including phenoxy) is 1. The first kappa shape index (κ1) is 17.8. The lowest BCUT2D eigenvalue weighted by Gasteiger charge is -2.31. The SMILES string of the molecule is Cc1nccc(OC2CCCN(S(=O)(=O)c3cn(C(C)C)cn3)C2)n1. The first-order chi connectivity index (χ1) is 11.9. The van der Waals surface area contributed by atoms with E-state index in [1.807, 2.05) is 13.8 Å². The molecule has 1 aliphatic heterocycles. The number of imidazole rings is 1. The van der Waals surface area contributed by atoms with Gasteiger partial charge in [-0.2, -0.15) is 9.29 Å². The molecule has 1 fully saturated rings. The van der Waals surface area contributed by atoms with E-state index in [9.17, 15) is 8.42 Å². The first-order valence-corrected chi connectivity index (χ1v) is 9.80. The number of hydrogen-bond acceptors (Lipinski definition) is 6. The highest BCUT2D eigenvalue weighted by atomic mass is 32.2. The summed E-state index contributed by atoms with van der Waals surface area (Å²) in [4.78, 5) is 12.3. The number of nitrogens with zero attached hydrogens (tertiary/aromatic N) is 5. The number of piperidine rings is 1. The second-order valence-corrected chi connectivity index (χ2v) is 8.32. The lowest BCUT2D eigenvalue weighted by atomic mass is 10.1. The van der Waals surface area contributed by atoms with Gasteiger partial charge in [-0.3, -0.25) is 0 Å². The highest BCUT2D eigenvalue weighted by molar-refractivity contribution is 7.89. The molecule has 0 saturated carbocycles. The van der Waals surface area contributed by atoms with Crippen LogP contribution in [0.1, 0.15) is 38.6 Å². The van der Waals surface area contributed by atoms with E-state index in [0.29, 0.717) is 24.8 Å². The van der Waals surface area contributed by atoms with Gasteiger partial charge >= 0.3 is 0 Å². The Labute approximate surface area is 147 Å². The quantitative estimate of drug-likeness (QED) is 0.802. The van der Waals surface area contributed by atoms with Gasteiger partial charge in [0.1, 0.15) is 11.9 Å². The Balaban J connectivity index is 1.73. The molecule has 8 nitrogen and oxygen atoms in total. The predicted molar refractivity (Wildman–Crippen MR) is 91.8 cm³/mol. The molecule has 1 unspecified atom stereocenters. The van der Waals surface area contributed by atoms with Gasteiger partial charge in [-0.25, -0.2) is 18.4 Å². The second-order valence-electron chi connectivity index (χ2n) is 6.44. The predicted octanol–water partition coefficient (Wildman–Crippen LogP) is 1.79. The van der Waals surface area contributed by atoms with Crippen molar-refractivity contribution >= 4 is 10.0 Å². The van der Waals surface area contributed by atoms with Gasteiger partial charge in [0.25, 0.3) is 10.0 Å². The van der Waals surface area contributed by atoms with Crippen molar-refractivity contribution in [3.8, 4) is 5.88 Å². The van der Waals surface area contributed by atoms with E-state index >= 15 is 0 Å². The molecule has 0 N–H and O–H groups in total. The molecule has 9 heteroatoms. The third-order valence-corrected chi connectivity index (χ3v) is 5.91. The van der Waals surface area contributed by atoms with E-state index < -0.39 is 10.0 Å². The van der Waals surface area contributed by atoms with Gasteiger partial charge in [-0.05, 0) is 33.6 Å². The van der Waals surface area contributed by atoms with Crippen LogP contribution in [0.15, 0.2) is 29.8 Å². The number of sulfonamides is 1. The fraction of sp³-hybridized carbons (Fsp3) is 0.562. The zero-order valence-electron chi connectivity index (χ0n) is 14.7. The molecule has 3 rings (SSSR count). The monoisotopic (exact) mass is 365 g/mol. The Morgan fingerprint density at radius 3 is 2.80 bits per heavy atom.